The van der Waals surface area contributed by atoms with Crippen LogP contribution in [-0.2, 0) is 4.74 Å². The minimum Gasteiger partial charge on any atom is -0.493 e. The molecule has 0 amide bonds. The number of methoxy groups -OCH3 is 3. The van der Waals surface area contributed by atoms with E-state index in [1.165, 1.54) is 31.6 Å². The molecule has 0 bridgehead atoms. The molecule has 2 rings (SSSR count). The molecule has 0 aliphatic carbocycles. The Morgan fingerprint density at radius 1 is 1.38 bits per heavy atom. The molecule has 1 aromatic heterocycles. The second kappa shape index (κ2) is 6.55. The quantitative estimate of drug-likeness (QED) is 0.476. The summed E-state index contributed by atoms with van der Waals surface area (Å²) in [6, 6.07) is 1.32. The van der Waals surface area contributed by atoms with Gasteiger partial charge in [-0.25, -0.2) is 4.98 Å². The highest BCUT2D eigenvalue weighted by molar-refractivity contribution is 7.22. The summed E-state index contributed by atoms with van der Waals surface area (Å²) in [4.78, 5) is 15.0. The largest absolute Gasteiger partial charge is 0.493 e. The molecular formula is C12H15N3O5S. The molecule has 9 heteroatoms. The third kappa shape index (κ3) is 2.98. The van der Waals surface area contributed by atoms with Gasteiger partial charge in [-0.2, -0.15) is 0 Å². The van der Waals surface area contributed by atoms with E-state index in [1.54, 1.807) is 7.11 Å². The predicted octanol–water partition coefficient (Wildman–Crippen LogP) is 2.28. The van der Waals surface area contributed by atoms with Gasteiger partial charge >= 0.3 is 0 Å². The summed E-state index contributed by atoms with van der Waals surface area (Å²) in [5.74, 6) is 0.749. The molecule has 2 aromatic rings. The van der Waals surface area contributed by atoms with Crippen LogP contribution in [0.4, 0.5) is 10.8 Å². The van der Waals surface area contributed by atoms with Gasteiger partial charge in [-0.05, 0) is 0 Å². The fraction of sp³-hybridized carbons (Fsp3) is 0.417. The standard InChI is InChI=1S/C12H15N3O5S/c1-18-5-4-13-12-14-9-7(15(16)17)6-8(19-2)10(20-3)11(9)21-12/h6H,4-5H2,1-3H3,(H,13,14). The molecule has 0 spiro atoms. The molecule has 8 nitrogen and oxygen atoms in total. The van der Waals surface area contributed by atoms with E-state index >= 15 is 0 Å². The third-order valence-corrected chi connectivity index (χ3v) is 3.78. The number of nitro benzene ring substituents is 1. The molecule has 0 radical (unpaired) electrons. The number of ether oxygens (including phenoxy) is 3. The van der Waals surface area contributed by atoms with Crippen LogP contribution in [0, 0.1) is 10.1 Å². The van der Waals surface area contributed by atoms with Crippen molar-refractivity contribution in [2.45, 2.75) is 0 Å². The topological polar surface area (TPSA) is 95.8 Å². The minimum absolute atomic E-state index is 0.112. The van der Waals surface area contributed by atoms with Crippen molar-refractivity contribution >= 4 is 32.4 Å². The summed E-state index contributed by atoms with van der Waals surface area (Å²) < 4.78 is 16.0. The van der Waals surface area contributed by atoms with E-state index in [2.05, 4.69) is 10.3 Å². The maximum absolute atomic E-state index is 11.2. The number of non-ortho nitro benzene ring substituents is 1. The summed E-state index contributed by atoms with van der Waals surface area (Å²) in [6.07, 6.45) is 0. The van der Waals surface area contributed by atoms with Crippen LogP contribution in [0.2, 0.25) is 0 Å². The van der Waals surface area contributed by atoms with Crippen LogP contribution >= 0.6 is 11.3 Å². The normalized spacial score (nSPS) is 10.6. The lowest BCUT2D eigenvalue weighted by Gasteiger charge is -2.07. The minimum atomic E-state index is -0.483. The van der Waals surface area contributed by atoms with Gasteiger partial charge < -0.3 is 19.5 Å². The van der Waals surface area contributed by atoms with Crippen molar-refractivity contribution in [2.75, 3.05) is 39.8 Å². The third-order valence-electron chi connectivity index (χ3n) is 2.77. The van der Waals surface area contributed by atoms with Gasteiger partial charge in [-0.15, -0.1) is 0 Å². The number of thiazole rings is 1. The average Bonchev–Trinajstić information content (AvgIpc) is 2.88. The predicted molar refractivity (Wildman–Crippen MR) is 79.7 cm³/mol. The van der Waals surface area contributed by atoms with Gasteiger partial charge in [0, 0.05) is 13.7 Å². The maximum Gasteiger partial charge on any atom is 0.300 e. The number of anilines is 1. The fourth-order valence-corrected chi connectivity index (χ4v) is 2.87. The van der Waals surface area contributed by atoms with E-state index in [4.69, 9.17) is 14.2 Å². The van der Waals surface area contributed by atoms with Gasteiger partial charge in [0.05, 0.1) is 31.8 Å². The Morgan fingerprint density at radius 3 is 2.71 bits per heavy atom. The van der Waals surface area contributed by atoms with Crippen molar-refractivity contribution in [3.63, 3.8) is 0 Å². The van der Waals surface area contributed by atoms with E-state index < -0.39 is 4.92 Å². The zero-order chi connectivity index (χ0) is 15.4. The molecule has 114 valence electrons. The lowest BCUT2D eigenvalue weighted by atomic mass is 10.2. The van der Waals surface area contributed by atoms with E-state index in [0.717, 1.165) is 0 Å². The van der Waals surface area contributed by atoms with Crippen LogP contribution in [-0.4, -0.2) is 44.4 Å². The monoisotopic (exact) mass is 313 g/mol. The van der Waals surface area contributed by atoms with Crippen molar-refractivity contribution in [3.8, 4) is 11.5 Å². The molecule has 1 heterocycles. The van der Waals surface area contributed by atoms with Gasteiger partial charge in [-0.1, -0.05) is 11.3 Å². The molecule has 21 heavy (non-hydrogen) atoms. The Morgan fingerprint density at radius 2 is 2.14 bits per heavy atom. The number of nitro groups is 1. The first-order valence-electron chi connectivity index (χ1n) is 6.05. The van der Waals surface area contributed by atoms with Crippen LogP contribution in [0.3, 0.4) is 0 Å². The first-order chi connectivity index (χ1) is 10.1. The SMILES string of the molecule is COCCNc1nc2c([N+](=O)[O-])cc(OC)c(OC)c2s1. The van der Waals surface area contributed by atoms with Crippen molar-refractivity contribution in [3.05, 3.63) is 16.2 Å². The summed E-state index contributed by atoms with van der Waals surface area (Å²) in [7, 11) is 4.52. The average molecular weight is 313 g/mol. The Bertz CT molecular complexity index is 658. The smallest absolute Gasteiger partial charge is 0.300 e. The fourth-order valence-electron chi connectivity index (χ4n) is 1.84. The van der Waals surface area contributed by atoms with E-state index in [0.29, 0.717) is 34.5 Å². The summed E-state index contributed by atoms with van der Waals surface area (Å²) >= 11 is 1.27. The Kier molecular flexibility index (Phi) is 4.76. The van der Waals surface area contributed by atoms with Gasteiger partial charge in [0.1, 0.15) is 4.70 Å². The van der Waals surface area contributed by atoms with Crippen molar-refractivity contribution in [1.82, 2.24) is 4.98 Å². The zero-order valence-electron chi connectivity index (χ0n) is 11.8. The zero-order valence-corrected chi connectivity index (χ0v) is 12.7. The number of nitrogens with zero attached hydrogens (tertiary/aromatic N) is 2. The van der Waals surface area contributed by atoms with Crippen LogP contribution in [0.15, 0.2) is 6.07 Å². The van der Waals surface area contributed by atoms with E-state index in [1.807, 2.05) is 0 Å². The van der Waals surface area contributed by atoms with Crippen LogP contribution in [0.5, 0.6) is 11.5 Å². The van der Waals surface area contributed by atoms with Crippen LogP contribution in [0.1, 0.15) is 0 Å². The Balaban J connectivity index is 2.55. The van der Waals surface area contributed by atoms with Gasteiger partial charge in [0.15, 0.2) is 22.1 Å². The Labute approximate surface area is 124 Å². The van der Waals surface area contributed by atoms with Crippen LogP contribution in [0.25, 0.3) is 10.2 Å². The Hall–Kier alpha value is -2.13. The van der Waals surface area contributed by atoms with Gasteiger partial charge in [0.2, 0.25) is 0 Å². The van der Waals surface area contributed by atoms with Crippen molar-refractivity contribution in [1.29, 1.82) is 0 Å². The molecule has 0 aliphatic heterocycles. The van der Waals surface area contributed by atoms with E-state index in [-0.39, 0.29) is 11.2 Å². The highest BCUT2D eigenvalue weighted by atomic mass is 32.1. The van der Waals surface area contributed by atoms with E-state index in [9.17, 15) is 10.1 Å². The summed E-state index contributed by atoms with van der Waals surface area (Å²) in [5.41, 5.74) is 0.168. The summed E-state index contributed by atoms with van der Waals surface area (Å²) in [6.45, 7) is 1.07. The number of rotatable bonds is 7. The molecule has 0 saturated heterocycles. The van der Waals surface area contributed by atoms with Gasteiger partial charge in [-0.3, -0.25) is 10.1 Å². The van der Waals surface area contributed by atoms with Gasteiger partial charge in [0.25, 0.3) is 5.69 Å². The number of hydrogen-bond donors (Lipinski definition) is 1. The highest BCUT2D eigenvalue weighted by Gasteiger charge is 2.24. The lowest BCUT2D eigenvalue weighted by Crippen LogP contribution is -2.06. The molecule has 1 aromatic carbocycles. The second-order valence-corrected chi connectivity index (χ2v) is 5.00. The molecule has 1 N–H and O–H groups in total. The molecule has 0 unspecified atom stereocenters. The molecular weight excluding hydrogens is 298 g/mol. The molecule has 0 aliphatic rings. The molecule has 0 atom stereocenters. The first kappa shape index (κ1) is 15.3. The number of hydrogen-bond acceptors (Lipinski definition) is 8. The number of fused-ring (bicyclic) bond motifs is 1. The number of nitrogens with one attached hydrogen (secondary N) is 1. The van der Waals surface area contributed by atoms with Crippen molar-refractivity contribution in [2.24, 2.45) is 0 Å². The second-order valence-electron chi connectivity index (χ2n) is 4.00. The van der Waals surface area contributed by atoms with Crippen LogP contribution < -0.4 is 14.8 Å². The lowest BCUT2D eigenvalue weighted by molar-refractivity contribution is -0.383. The molecule has 0 saturated carbocycles. The summed E-state index contributed by atoms with van der Waals surface area (Å²) in [5, 5.41) is 14.8. The highest BCUT2D eigenvalue weighted by Crippen LogP contribution is 2.44. The van der Waals surface area contributed by atoms with Crippen molar-refractivity contribution < 1.29 is 19.1 Å². The maximum atomic E-state index is 11.2. The first-order valence-corrected chi connectivity index (χ1v) is 6.86. The number of benzene rings is 1. The number of aromatic nitrogens is 1. The molecule has 0 fully saturated rings.